The van der Waals surface area contributed by atoms with Gasteiger partial charge in [-0.1, -0.05) is 12.1 Å². The van der Waals surface area contributed by atoms with E-state index in [1.165, 1.54) is 6.26 Å². The third-order valence-electron chi connectivity index (χ3n) is 4.36. The standard InChI is InChI=1S/C17H23N3O2S/c1-13-17(19-16-8-4-3-7-15(16)18-13)11-20-9-5-6-14(10-20)12-23(2,21)22/h3-4,7-8,14H,5-6,9-12H2,1-2H3/t14-/m0/s1. The summed E-state index contributed by atoms with van der Waals surface area (Å²) in [6.07, 6.45) is 3.36. The molecule has 124 valence electrons. The zero-order valence-electron chi connectivity index (χ0n) is 13.7. The number of para-hydroxylation sites is 2. The molecule has 0 N–H and O–H groups in total. The first kappa shape index (κ1) is 16.3. The number of fused-ring (bicyclic) bond motifs is 1. The van der Waals surface area contributed by atoms with Crippen molar-refractivity contribution in [2.24, 2.45) is 5.92 Å². The van der Waals surface area contributed by atoms with Crippen molar-refractivity contribution in [3.05, 3.63) is 35.7 Å². The number of sulfone groups is 1. The molecule has 1 saturated heterocycles. The van der Waals surface area contributed by atoms with Crippen LogP contribution in [0.5, 0.6) is 0 Å². The highest BCUT2D eigenvalue weighted by atomic mass is 32.2. The Morgan fingerprint density at radius 1 is 1.22 bits per heavy atom. The maximum absolute atomic E-state index is 11.5. The Labute approximate surface area is 137 Å². The summed E-state index contributed by atoms with van der Waals surface area (Å²) in [4.78, 5) is 11.7. The highest BCUT2D eigenvalue weighted by Gasteiger charge is 2.24. The molecule has 6 heteroatoms. The second-order valence-corrected chi connectivity index (χ2v) is 8.77. The fraction of sp³-hybridized carbons (Fsp3) is 0.529. The number of benzene rings is 1. The molecule has 0 spiro atoms. The van der Waals surface area contributed by atoms with E-state index in [0.29, 0.717) is 0 Å². The first-order chi connectivity index (χ1) is 10.9. The normalized spacial score (nSPS) is 20.0. The molecule has 1 aromatic carbocycles. The van der Waals surface area contributed by atoms with E-state index in [9.17, 15) is 8.42 Å². The summed E-state index contributed by atoms with van der Waals surface area (Å²) in [7, 11) is -2.91. The summed E-state index contributed by atoms with van der Waals surface area (Å²) >= 11 is 0. The van der Waals surface area contributed by atoms with Gasteiger partial charge < -0.3 is 0 Å². The van der Waals surface area contributed by atoms with Gasteiger partial charge in [0.25, 0.3) is 0 Å². The molecule has 0 aliphatic carbocycles. The number of hydrogen-bond acceptors (Lipinski definition) is 5. The monoisotopic (exact) mass is 333 g/mol. The molecule has 3 rings (SSSR count). The molecular weight excluding hydrogens is 310 g/mol. The van der Waals surface area contributed by atoms with Gasteiger partial charge in [0, 0.05) is 19.3 Å². The average Bonchev–Trinajstić information content (AvgIpc) is 2.46. The van der Waals surface area contributed by atoms with Crippen molar-refractivity contribution < 1.29 is 8.42 Å². The van der Waals surface area contributed by atoms with Gasteiger partial charge in [-0.2, -0.15) is 0 Å². The lowest BCUT2D eigenvalue weighted by molar-refractivity contribution is 0.175. The van der Waals surface area contributed by atoms with Crippen LogP contribution in [0, 0.1) is 12.8 Å². The fourth-order valence-electron chi connectivity index (χ4n) is 3.35. The number of piperidine rings is 1. The van der Waals surface area contributed by atoms with Gasteiger partial charge in [-0.3, -0.25) is 4.90 Å². The first-order valence-corrected chi connectivity index (χ1v) is 10.1. The highest BCUT2D eigenvalue weighted by molar-refractivity contribution is 7.90. The van der Waals surface area contributed by atoms with Crippen molar-refractivity contribution in [1.82, 2.24) is 14.9 Å². The van der Waals surface area contributed by atoms with E-state index in [1.54, 1.807) is 0 Å². The van der Waals surface area contributed by atoms with Crippen molar-refractivity contribution in [2.45, 2.75) is 26.3 Å². The van der Waals surface area contributed by atoms with Crippen LogP contribution < -0.4 is 0 Å². The summed E-state index contributed by atoms with van der Waals surface area (Å²) in [5.41, 5.74) is 3.78. The average molecular weight is 333 g/mol. The lowest BCUT2D eigenvalue weighted by atomic mass is 10.00. The molecule has 1 aliphatic heterocycles. The molecule has 1 aromatic heterocycles. The molecule has 0 saturated carbocycles. The summed E-state index contributed by atoms with van der Waals surface area (Å²) in [6, 6.07) is 7.89. The summed E-state index contributed by atoms with van der Waals surface area (Å²) in [5.74, 6) is 0.513. The van der Waals surface area contributed by atoms with Crippen molar-refractivity contribution in [3.63, 3.8) is 0 Å². The third-order valence-corrected chi connectivity index (χ3v) is 5.43. The van der Waals surface area contributed by atoms with E-state index in [1.807, 2.05) is 31.2 Å². The molecular formula is C17H23N3O2S. The quantitative estimate of drug-likeness (QED) is 0.858. The van der Waals surface area contributed by atoms with Gasteiger partial charge in [0.2, 0.25) is 0 Å². The van der Waals surface area contributed by atoms with E-state index < -0.39 is 9.84 Å². The van der Waals surface area contributed by atoms with Crippen molar-refractivity contribution in [3.8, 4) is 0 Å². The van der Waals surface area contributed by atoms with Crippen molar-refractivity contribution in [2.75, 3.05) is 25.1 Å². The number of hydrogen-bond donors (Lipinski definition) is 0. The van der Waals surface area contributed by atoms with Gasteiger partial charge in [0.05, 0.1) is 28.2 Å². The number of aryl methyl sites for hydroxylation is 1. The minimum absolute atomic E-state index is 0.229. The van der Waals surface area contributed by atoms with Crippen molar-refractivity contribution >= 4 is 20.9 Å². The molecule has 0 radical (unpaired) electrons. The summed E-state index contributed by atoms with van der Waals surface area (Å²) < 4.78 is 23.0. The molecule has 2 aromatic rings. The predicted molar refractivity (Wildman–Crippen MR) is 92.0 cm³/mol. The maximum Gasteiger partial charge on any atom is 0.147 e. The highest BCUT2D eigenvalue weighted by Crippen LogP contribution is 2.21. The maximum atomic E-state index is 11.5. The van der Waals surface area contributed by atoms with Gasteiger partial charge in [-0.25, -0.2) is 18.4 Å². The second kappa shape index (κ2) is 6.53. The van der Waals surface area contributed by atoms with Crippen LogP contribution in [-0.2, 0) is 16.4 Å². The Hall–Kier alpha value is -1.53. The molecule has 5 nitrogen and oxygen atoms in total. The molecule has 1 atom stereocenters. The smallest absolute Gasteiger partial charge is 0.147 e. The zero-order chi connectivity index (χ0) is 16.4. The van der Waals surface area contributed by atoms with Crippen LogP contribution in [0.1, 0.15) is 24.2 Å². The van der Waals surface area contributed by atoms with Crippen LogP contribution in [0.3, 0.4) is 0 Å². The Morgan fingerprint density at radius 2 is 1.91 bits per heavy atom. The number of likely N-dealkylation sites (tertiary alicyclic amines) is 1. The topological polar surface area (TPSA) is 63.2 Å². The lowest BCUT2D eigenvalue weighted by Crippen LogP contribution is -2.38. The van der Waals surface area contributed by atoms with Gasteiger partial charge in [0.15, 0.2) is 0 Å². The minimum Gasteiger partial charge on any atom is -0.297 e. The third kappa shape index (κ3) is 4.26. The SMILES string of the molecule is Cc1nc2ccccc2nc1CN1CCC[C@H](CS(C)(=O)=O)C1. The largest absolute Gasteiger partial charge is 0.297 e. The molecule has 2 heterocycles. The van der Waals surface area contributed by atoms with E-state index in [-0.39, 0.29) is 11.7 Å². The molecule has 0 bridgehead atoms. The molecule has 1 fully saturated rings. The fourth-order valence-corrected chi connectivity index (χ4v) is 4.47. The van der Waals surface area contributed by atoms with Crippen LogP contribution in [0.2, 0.25) is 0 Å². The summed E-state index contributed by atoms with van der Waals surface area (Å²) in [6.45, 7) is 4.55. The zero-order valence-corrected chi connectivity index (χ0v) is 14.5. The van der Waals surface area contributed by atoms with E-state index >= 15 is 0 Å². The molecule has 23 heavy (non-hydrogen) atoms. The first-order valence-electron chi connectivity index (χ1n) is 8.03. The van der Waals surface area contributed by atoms with Crippen LogP contribution in [0.4, 0.5) is 0 Å². The Kier molecular flexibility index (Phi) is 4.64. The second-order valence-electron chi connectivity index (χ2n) is 6.58. The lowest BCUT2D eigenvalue weighted by Gasteiger charge is -2.32. The molecule has 1 aliphatic rings. The van der Waals surface area contributed by atoms with E-state index in [0.717, 1.165) is 54.9 Å². The van der Waals surface area contributed by atoms with Crippen molar-refractivity contribution in [1.29, 1.82) is 0 Å². The summed E-state index contributed by atoms with van der Waals surface area (Å²) in [5, 5.41) is 0. The Balaban J connectivity index is 1.75. The predicted octanol–water partition coefficient (Wildman–Crippen LogP) is 2.19. The van der Waals surface area contributed by atoms with Crippen LogP contribution in [0.15, 0.2) is 24.3 Å². The van der Waals surface area contributed by atoms with Crippen LogP contribution >= 0.6 is 0 Å². The Morgan fingerprint density at radius 3 is 2.61 bits per heavy atom. The van der Waals surface area contributed by atoms with Crippen LogP contribution in [0.25, 0.3) is 11.0 Å². The van der Waals surface area contributed by atoms with E-state index in [4.69, 9.17) is 4.98 Å². The molecule has 0 unspecified atom stereocenters. The minimum atomic E-state index is -2.91. The molecule has 0 amide bonds. The van der Waals surface area contributed by atoms with E-state index in [2.05, 4.69) is 9.88 Å². The van der Waals surface area contributed by atoms with Gasteiger partial charge in [-0.15, -0.1) is 0 Å². The number of rotatable bonds is 4. The van der Waals surface area contributed by atoms with Crippen LogP contribution in [-0.4, -0.2) is 48.4 Å². The number of nitrogens with zero attached hydrogens (tertiary/aromatic N) is 3. The van der Waals surface area contributed by atoms with Gasteiger partial charge >= 0.3 is 0 Å². The number of aromatic nitrogens is 2. The van der Waals surface area contributed by atoms with Gasteiger partial charge in [0.1, 0.15) is 9.84 Å². The Bertz CT molecular complexity index is 805. The van der Waals surface area contributed by atoms with Gasteiger partial charge in [-0.05, 0) is 44.4 Å².